The van der Waals surface area contributed by atoms with Gasteiger partial charge in [-0.1, -0.05) is 30.3 Å². The molecule has 1 fully saturated rings. The van der Waals surface area contributed by atoms with Gasteiger partial charge < -0.3 is 9.15 Å². The number of methoxy groups -OCH3 is 1. The van der Waals surface area contributed by atoms with Gasteiger partial charge in [-0.15, -0.1) is 0 Å². The van der Waals surface area contributed by atoms with Gasteiger partial charge in [-0.05, 0) is 25.5 Å². The van der Waals surface area contributed by atoms with Gasteiger partial charge in [0.05, 0.1) is 19.9 Å². The van der Waals surface area contributed by atoms with Gasteiger partial charge in [-0.2, -0.15) is 0 Å². The molecule has 1 saturated heterocycles. The highest BCUT2D eigenvalue weighted by molar-refractivity contribution is 5.90. The van der Waals surface area contributed by atoms with Crippen LogP contribution in [0.1, 0.15) is 35.5 Å². The molecule has 0 saturated carbocycles. The van der Waals surface area contributed by atoms with Crippen LogP contribution in [0.3, 0.4) is 0 Å². The Kier molecular flexibility index (Phi) is 5.25. The standard InChI is InChI=1S/C20H26N2O3/c1-20(2)15-21(14-18-17(9-12-25-18)19(23)24-3)10-11-22(20)13-16-7-5-4-6-8-16/h4-9,12H,10-11,13-15H2,1-3H3. The molecule has 5 heteroatoms. The Balaban J connectivity index is 1.64. The predicted octanol–water partition coefficient (Wildman–Crippen LogP) is 3.16. The summed E-state index contributed by atoms with van der Waals surface area (Å²) in [5.74, 6) is 0.338. The van der Waals surface area contributed by atoms with Crippen LogP contribution in [0.25, 0.3) is 0 Å². The quantitative estimate of drug-likeness (QED) is 0.781. The topological polar surface area (TPSA) is 45.9 Å². The lowest BCUT2D eigenvalue weighted by molar-refractivity contribution is 0.00759. The monoisotopic (exact) mass is 342 g/mol. The van der Waals surface area contributed by atoms with Crippen LogP contribution in [0.2, 0.25) is 0 Å². The van der Waals surface area contributed by atoms with Crippen molar-refractivity contribution in [2.75, 3.05) is 26.7 Å². The van der Waals surface area contributed by atoms with Gasteiger partial charge in [-0.25, -0.2) is 4.79 Å². The fraction of sp³-hybridized carbons (Fsp3) is 0.450. The van der Waals surface area contributed by atoms with Crippen molar-refractivity contribution in [3.8, 4) is 0 Å². The Labute approximate surface area is 149 Å². The molecule has 0 bridgehead atoms. The maximum absolute atomic E-state index is 11.8. The van der Waals surface area contributed by atoms with E-state index < -0.39 is 0 Å². The molecule has 0 radical (unpaired) electrons. The van der Waals surface area contributed by atoms with Crippen molar-refractivity contribution < 1.29 is 13.9 Å². The van der Waals surface area contributed by atoms with Crippen molar-refractivity contribution in [3.05, 3.63) is 59.5 Å². The highest BCUT2D eigenvalue weighted by atomic mass is 16.5. The largest absolute Gasteiger partial charge is 0.467 e. The summed E-state index contributed by atoms with van der Waals surface area (Å²) < 4.78 is 10.3. The molecule has 0 N–H and O–H groups in total. The molecule has 0 amide bonds. The molecule has 0 atom stereocenters. The molecule has 25 heavy (non-hydrogen) atoms. The second-order valence-corrected chi connectivity index (χ2v) is 7.18. The molecule has 2 aromatic rings. The molecule has 134 valence electrons. The van der Waals surface area contributed by atoms with E-state index in [9.17, 15) is 4.79 Å². The molecule has 0 aliphatic carbocycles. The number of nitrogens with zero attached hydrogens (tertiary/aromatic N) is 2. The molecular formula is C20H26N2O3. The molecule has 1 aromatic heterocycles. The zero-order valence-electron chi connectivity index (χ0n) is 15.2. The van der Waals surface area contributed by atoms with Crippen molar-refractivity contribution in [3.63, 3.8) is 0 Å². The number of hydrogen-bond donors (Lipinski definition) is 0. The lowest BCUT2D eigenvalue weighted by atomic mass is 9.97. The van der Waals surface area contributed by atoms with E-state index in [-0.39, 0.29) is 11.5 Å². The Morgan fingerprint density at radius 2 is 1.92 bits per heavy atom. The second kappa shape index (κ2) is 7.42. The van der Waals surface area contributed by atoms with Crippen LogP contribution in [0.4, 0.5) is 0 Å². The number of benzene rings is 1. The minimum absolute atomic E-state index is 0.0477. The zero-order chi connectivity index (χ0) is 17.9. The second-order valence-electron chi connectivity index (χ2n) is 7.18. The summed E-state index contributed by atoms with van der Waals surface area (Å²) in [6.45, 7) is 8.96. The number of esters is 1. The normalized spacial score (nSPS) is 18.2. The Morgan fingerprint density at radius 1 is 1.16 bits per heavy atom. The van der Waals surface area contributed by atoms with Gasteiger partial charge in [0.1, 0.15) is 11.3 Å². The SMILES string of the molecule is COC(=O)c1ccoc1CN1CCN(Cc2ccccc2)C(C)(C)C1. The third-order valence-electron chi connectivity index (χ3n) is 4.89. The maximum Gasteiger partial charge on any atom is 0.341 e. The zero-order valence-corrected chi connectivity index (χ0v) is 15.2. The first-order valence-electron chi connectivity index (χ1n) is 8.65. The average molecular weight is 342 g/mol. The Morgan fingerprint density at radius 3 is 2.60 bits per heavy atom. The Bertz CT molecular complexity index is 709. The minimum Gasteiger partial charge on any atom is -0.467 e. The lowest BCUT2D eigenvalue weighted by Crippen LogP contribution is -2.58. The smallest absolute Gasteiger partial charge is 0.341 e. The van der Waals surface area contributed by atoms with Crippen LogP contribution < -0.4 is 0 Å². The minimum atomic E-state index is -0.342. The number of furan rings is 1. The summed E-state index contributed by atoms with van der Waals surface area (Å²) in [4.78, 5) is 16.7. The Hall–Kier alpha value is -2.11. The van der Waals surface area contributed by atoms with Gasteiger partial charge in [0, 0.05) is 31.7 Å². The number of ether oxygens (including phenoxy) is 1. The number of piperazine rings is 1. The van der Waals surface area contributed by atoms with Crippen molar-refractivity contribution >= 4 is 5.97 Å². The summed E-state index contributed by atoms with van der Waals surface area (Å²) in [7, 11) is 1.39. The molecule has 2 heterocycles. The van der Waals surface area contributed by atoms with Gasteiger partial charge in [0.15, 0.2) is 0 Å². The predicted molar refractivity (Wildman–Crippen MR) is 96.3 cm³/mol. The highest BCUT2D eigenvalue weighted by Gasteiger charge is 2.34. The van der Waals surface area contributed by atoms with Crippen molar-refractivity contribution in [1.29, 1.82) is 0 Å². The van der Waals surface area contributed by atoms with E-state index in [2.05, 4.69) is 54.0 Å². The van der Waals surface area contributed by atoms with Crippen molar-refractivity contribution in [1.82, 2.24) is 9.80 Å². The van der Waals surface area contributed by atoms with E-state index in [4.69, 9.17) is 9.15 Å². The van der Waals surface area contributed by atoms with Crippen LogP contribution in [0.15, 0.2) is 47.1 Å². The number of carbonyl (C=O) groups is 1. The molecule has 5 nitrogen and oxygen atoms in total. The van der Waals surface area contributed by atoms with E-state index in [1.165, 1.54) is 12.7 Å². The first-order valence-corrected chi connectivity index (χ1v) is 8.65. The molecule has 3 rings (SSSR count). The van der Waals surface area contributed by atoms with Crippen LogP contribution in [0, 0.1) is 0 Å². The van der Waals surface area contributed by atoms with Crippen LogP contribution >= 0.6 is 0 Å². The number of hydrogen-bond acceptors (Lipinski definition) is 5. The summed E-state index contributed by atoms with van der Waals surface area (Å²) >= 11 is 0. The fourth-order valence-corrected chi connectivity index (χ4v) is 3.48. The fourth-order valence-electron chi connectivity index (χ4n) is 3.48. The van der Waals surface area contributed by atoms with Gasteiger partial charge >= 0.3 is 5.97 Å². The van der Waals surface area contributed by atoms with E-state index in [1.54, 1.807) is 12.3 Å². The summed E-state index contributed by atoms with van der Waals surface area (Å²) in [5, 5.41) is 0. The highest BCUT2D eigenvalue weighted by Crippen LogP contribution is 2.25. The van der Waals surface area contributed by atoms with Crippen molar-refractivity contribution in [2.24, 2.45) is 0 Å². The summed E-state index contributed by atoms with van der Waals surface area (Å²) in [6.07, 6.45) is 1.55. The van der Waals surface area contributed by atoms with Crippen LogP contribution in [0.5, 0.6) is 0 Å². The van der Waals surface area contributed by atoms with Crippen LogP contribution in [-0.2, 0) is 17.8 Å². The lowest BCUT2D eigenvalue weighted by Gasteiger charge is -2.47. The number of carbonyl (C=O) groups excluding carboxylic acids is 1. The summed E-state index contributed by atoms with van der Waals surface area (Å²) in [5.41, 5.74) is 1.90. The van der Waals surface area contributed by atoms with Gasteiger partial charge in [0.2, 0.25) is 0 Å². The summed E-state index contributed by atoms with van der Waals surface area (Å²) in [6, 6.07) is 12.3. The van der Waals surface area contributed by atoms with Crippen LogP contribution in [-0.4, -0.2) is 48.1 Å². The molecular weight excluding hydrogens is 316 g/mol. The van der Waals surface area contributed by atoms with Gasteiger partial charge in [0.25, 0.3) is 0 Å². The number of rotatable bonds is 5. The molecule has 1 aliphatic heterocycles. The molecule has 0 unspecified atom stereocenters. The first-order chi connectivity index (χ1) is 12.0. The third kappa shape index (κ3) is 4.11. The van der Waals surface area contributed by atoms with Crippen molar-refractivity contribution in [2.45, 2.75) is 32.5 Å². The van der Waals surface area contributed by atoms with E-state index >= 15 is 0 Å². The third-order valence-corrected chi connectivity index (χ3v) is 4.89. The average Bonchev–Trinajstić information content (AvgIpc) is 3.05. The molecule has 0 spiro atoms. The van der Waals surface area contributed by atoms with E-state index in [1.807, 2.05) is 0 Å². The van der Waals surface area contributed by atoms with E-state index in [0.29, 0.717) is 17.9 Å². The van der Waals surface area contributed by atoms with E-state index in [0.717, 1.165) is 26.2 Å². The molecule has 1 aromatic carbocycles. The van der Waals surface area contributed by atoms with Gasteiger partial charge in [-0.3, -0.25) is 9.80 Å². The molecule has 1 aliphatic rings. The first kappa shape index (κ1) is 17.7. The maximum atomic E-state index is 11.8.